The standard InChI is InChI=1S/C13H19ClN5O2.F5P.FH/c1-16(2)13(17-5-7-21-8-6-17)18-11-4-3-10(14)9-12(11)19(20)15-18;1-6(2,3,4)5;/h3-4,9,15,20H,5-8H2,1-2H3;;1H/q+1;;. The van der Waals surface area contributed by atoms with Gasteiger partial charge in [-0.3, -0.25) is 19.4 Å². The minimum atomic E-state index is -8.55. The Kier molecular flexibility index (Phi) is 7.76. The molecule has 1 fully saturated rings. The number of ether oxygens (including phenoxy) is 1. The number of halogens is 7. The molecule has 0 radical (unpaired) electrons. The zero-order valence-corrected chi connectivity index (χ0v) is 16.5. The summed E-state index contributed by atoms with van der Waals surface area (Å²) in [6.07, 6.45) is 0. The Morgan fingerprint density at radius 1 is 1.14 bits per heavy atom. The molecule has 2 aliphatic rings. The number of hydrogen-bond donors (Lipinski definition) is 2. The molecule has 162 valence electrons. The van der Waals surface area contributed by atoms with E-state index < -0.39 is 8.16 Å². The van der Waals surface area contributed by atoms with Crippen LogP contribution in [0.1, 0.15) is 0 Å². The molecule has 1 saturated heterocycles. The van der Waals surface area contributed by atoms with Crippen molar-refractivity contribution in [2.45, 2.75) is 0 Å². The zero-order valence-electron chi connectivity index (χ0n) is 14.8. The Labute approximate surface area is 162 Å². The van der Waals surface area contributed by atoms with Crippen LogP contribution in [0.25, 0.3) is 0 Å². The molecule has 28 heavy (non-hydrogen) atoms. The first kappa shape index (κ1) is 24.5. The second kappa shape index (κ2) is 8.87. The summed E-state index contributed by atoms with van der Waals surface area (Å²) in [5, 5.41) is 13.5. The van der Waals surface area contributed by atoms with E-state index in [9.17, 15) is 26.2 Å². The van der Waals surface area contributed by atoms with Crippen molar-refractivity contribution in [3.05, 3.63) is 23.2 Å². The van der Waals surface area contributed by atoms with E-state index in [1.807, 2.05) is 29.7 Å². The fourth-order valence-electron chi connectivity index (χ4n) is 2.60. The molecular formula is C13H20ClF6N5O2P+. The van der Waals surface area contributed by atoms with Crippen LogP contribution < -0.4 is 15.7 Å². The Balaban J connectivity index is 0.000000492. The van der Waals surface area contributed by atoms with Crippen LogP contribution in [0.2, 0.25) is 5.02 Å². The summed E-state index contributed by atoms with van der Waals surface area (Å²) in [7, 11) is -4.60. The predicted octanol–water partition coefficient (Wildman–Crippen LogP) is 3.85. The molecule has 3 rings (SSSR count). The summed E-state index contributed by atoms with van der Waals surface area (Å²) in [4.78, 5) is 2.22. The van der Waals surface area contributed by atoms with Gasteiger partial charge in [-0.05, 0) is 18.2 Å². The van der Waals surface area contributed by atoms with Gasteiger partial charge in [0.1, 0.15) is 5.69 Å². The number of rotatable bonds is 0. The van der Waals surface area contributed by atoms with Gasteiger partial charge < -0.3 is 4.74 Å². The molecule has 2 N–H and O–H groups in total. The first-order valence-electron chi connectivity index (χ1n) is 7.64. The first-order chi connectivity index (χ1) is 12.3. The maximum atomic E-state index is 10.1. The molecule has 1 aromatic carbocycles. The summed E-state index contributed by atoms with van der Waals surface area (Å²) in [6.45, 7) is 3.00. The molecule has 0 aromatic heterocycles. The number of benzene rings is 1. The molecule has 0 spiro atoms. The van der Waals surface area contributed by atoms with Crippen molar-refractivity contribution in [3.63, 3.8) is 0 Å². The molecule has 0 saturated carbocycles. The third kappa shape index (κ3) is 7.13. The first-order valence-corrected chi connectivity index (χ1v) is 9.71. The zero-order chi connectivity index (χ0) is 20.4. The van der Waals surface area contributed by atoms with E-state index in [1.165, 1.54) is 0 Å². The summed E-state index contributed by atoms with van der Waals surface area (Å²) in [6, 6.07) is 5.40. The van der Waals surface area contributed by atoms with Gasteiger partial charge in [-0.2, -0.15) is 5.17 Å². The Bertz CT molecular complexity index is 708. The second-order valence-corrected chi connectivity index (χ2v) is 7.53. The molecule has 0 unspecified atom stereocenters. The predicted molar refractivity (Wildman–Crippen MR) is 95.8 cm³/mol. The van der Waals surface area contributed by atoms with Crippen molar-refractivity contribution in [1.29, 1.82) is 0 Å². The van der Waals surface area contributed by atoms with Crippen LogP contribution >= 0.6 is 19.8 Å². The fourth-order valence-corrected chi connectivity index (χ4v) is 2.76. The van der Waals surface area contributed by atoms with Crippen LogP contribution in [0.15, 0.2) is 18.2 Å². The average Bonchev–Trinajstić information content (AvgIpc) is 2.82. The van der Waals surface area contributed by atoms with Gasteiger partial charge in [0, 0.05) is 5.02 Å². The second-order valence-electron chi connectivity index (χ2n) is 5.81. The van der Waals surface area contributed by atoms with Crippen LogP contribution in [0.5, 0.6) is 0 Å². The van der Waals surface area contributed by atoms with E-state index in [1.54, 1.807) is 12.1 Å². The molecule has 0 aliphatic carbocycles. The van der Waals surface area contributed by atoms with E-state index >= 15 is 0 Å². The van der Waals surface area contributed by atoms with Crippen LogP contribution in [0.4, 0.5) is 37.1 Å². The number of hydrogen-bond acceptors (Lipinski definition) is 4. The van der Waals surface area contributed by atoms with E-state index in [0.717, 1.165) is 29.9 Å². The van der Waals surface area contributed by atoms with E-state index in [2.05, 4.69) is 10.4 Å². The molecule has 0 bridgehead atoms. The van der Waals surface area contributed by atoms with Gasteiger partial charge >= 0.3 is 35.1 Å². The Morgan fingerprint density at radius 3 is 2.18 bits per heavy atom. The summed E-state index contributed by atoms with van der Waals surface area (Å²) in [5.74, 6) is 0.943. The van der Waals surface area contributed by atoms with Crippen molar-refractivity contribution in [1.82, 2.24) is 10.4 Å². The number of nitrogens with one attached hydrogen (secondary N) is 1. The number of hydrazine groups is 2. The molecule has 1 aromatic rings. The van der Waals surface area contributed by atoms with E-state index in [0.29, 0.717) is 23.9 Å². The van der Waals surface area contributed by atoms with E-state index in [-0.39, 0.29) is 4.70 Å². The molecule has 2 heterocycles. The van der Waals surface area contributed by atoms with Gasteiger partial charge in [0.2, 0.25) is 0 Å². The molecule has 15 heteroatoms. The molecule has 2 aliphatic heterocycles. The topological polar surface area (TPSA) is 54.2 Å². The van der Waals surface area contributed by atoms with Crippen molar-refractivity contribution in [3.8, 4) is 0 Å². The Hall–Kier alpha value is -1.53. The number of morpholine rings is 1. The fraction of sp³-hybridized carbons (Fsp3) is 0.462. The van der Waals surface area contributed by atoms with Crippen LogP contribution in [0.3, 0.4) is 0 Å². The minimum absolute atomic E-state index is 0. The van der Waals surface area contributed by atoms with Crippen LogP contribution in [0, 0.1) is 0 Å². The molecule has 0 amide bonds. The monoisotopic (exact) mass is 458 g/mol. The van der Waals surface area contributed by atoms with Crippen LogP contribution in [-0.4, -0.2) is 61.0 Å². The van der Waals surface area contributed by atoms with Crippen molar-refractivity contribution >= 4 is 37.1 Å². The number of guanidine groups is 1. The number of fused-ring (bicyclic) bond motifs is 1. The molecular weight excluding hydrogens is 439 g/mol. The van der Waals surface area contributed by atoms with Crippen molar-refractivity contribution in [2.75, 3.05) is 50.6 Å². The quantitative estimate of drug-likeness (QED) is 0.202. The third-order valence-corrected chi connectivity index (χ3v) is 3.73. The SMILES string of the molecule is C[N+](C)=C(N1CCOCC1)N1NN(O)c2cc(Cl)ccc21.F.FP(F)(F)(F)F. The van der Waals surface area contributed by atoms with Gasteiger partial charge in [0.25, 0.3) is 0 Å². The summed E-state index contributed by atoms with van der Waals surface area (Å²) in [5.41, 5.74) is 4.39. The number of anilines is 2. The van der Waals surface area contributed by atoms with Crippen molar-refractivity contribution in [2.24, 2.45) is 0 Å². The number of nitrogens with zero attached hydrogens (tertiary/aromatic N) is 4. The normalized spacial score (nSPS) is 17.6. The maximum absolute atomic E-state index is 10.1. The van der Waals surface area contributed by atoms with Gasteiger partial charge in [0.05, 0.1) is 40.4 Å². The van der Waals surface area contributed by atoms with Gasteiger partial charge in [-0.1, -0.05) is 17.1 Å². The van der Waals surface area contributed by atoms with Crippen LogP contribution in [-0.2, 0) is 4.74 Å². The molecule has 7 nitrogen and oxygen atoms in total. The summed E-state index contributed by atoms with van der Waals surface area (Å²) >= 11 is 6.00. The Morgan fingerprint density at radius 2 is 1.68 bits per heavy atom. The van der Waals surface area contributed by atoms with Gasteiger partial charge in [0.15, 0.2) is 5.69 Å². The van der Waals surface area contributed by atoms with Gasteiger partial charge in [-0.25, -0.2) is 0 Å². The van der Waals surface area contributed by atoms with E-state index in [4.69, 9.17) is 16.3 Å². The summed E-state index contributed by atoms with van der Waals surface area (Å²) < 4.78 is 56.6. The average molecular weight is 459 g/mol. The third-order valence-electron chi connectivity index (χ3n) is 3.50. The van der Waals surface area contributed by atoms with Gasteiger partial charge in [-0.15, -0.1) is 5.01 Å². The molecule has 0 atom stereocenters. The van der Waals surface area contributed by atoms with Crippen molar-refractivity contribution < 1.29 is 40.2 Å².